The fraction of sp³-hybridized carbons (Fsp3) is 0.846. The van der Waals surface area contributed by atoms with Crippen molar-refractivity contribution < 1.29 is 9.59 Å². The maximum absolute atomic E-state index is 12.4. The molecular weight excluding hydrogens is 230 g/mol. The van der Waals surface area contributed by atoms with E-state index < -0.39 is 0 Å². The van der Waals surface area contributed by atoms with Gasteiger partial charge in [-0.3, -0.25) is 14.9 Å². The fourth-order valence-electron chi connectivity index (χ4n) is 3.02. The third-order valence-electron chi connectivity index (χ3n) is 4.22. The lowest BCUT2D eigenvalue weighted by atomic mass is 9.85. The zero-order valence-electron chi connectivity index (χ0n) is 11.2. The van der Waals surface area contributed by atoms with E-state index in [-0.39, 0.29) is 24.4 Å². The maximum atomic E-state index is 12.4. The Balaban J connectivity index is 1.93. The van der Waals surface area contributed by atoms with E-state index in [0.29, 0.717) is 18.5 Å². The molecule has 2 aliphatic rings. The number of nitrogens with zero attached hydrogens (tertiary/aromatic N) is 1. The molecule has 5 nitrogen and oxygen atoms in total. The molecule has 0 aromatic rings. The van der Waals surface area contributed by atoms with Crippen LogP contribution >= 0.6 is 0 Å². The van der Waals surface area contributed by atoms with Crippen LogP contribution in [-0.4, -0.2) is 48.9 Å². The highest BCUT2D eigenvalue weighted by Crippen LogP contribution is 2.27. The SMILES string of the molecule is CC1CCCCC1N(C)C(=O)C1CNC(=O)CN1. The molecule has 1 heterocycles. The van der Waals surface area contributed by atoms with Gasteiger partial charge in [-0.2, -0.15) is 0 Å². The van der Waals surface area contributed by atoms with Crippen molar-refractivity contribution in [3.05, 3.63) is 0 Å². The van der Waals surface area contributed by atoms with Gasteiger partial charge in [-0.05, 0) is 18.8 Å². The first-order chi connectivity index (χ1) is 8.59. The zero-order chi connectivity index (χ0) is 13.1. The second-order valence-corrected chi connectivity index (χ2v) is 5.52. The van der Waals surface area contributed by atoms with Crippen LogP contribution in [0.25, 0.3) is 0 Å². The molecule has 0 bridgehead atoms. The Morgan fingerprint density at radius 2 is 2.06 bits per heavy atom. The molecule has 2 N–H and O–H groups in total. The predicted molar refractivity (Wildman–Crippen MR) is 69.0 cm³/mol. The number of rotatable bonds is 2. The normalized spacial score (nSPS) is 32.8. The average molecular weight is 253 g/mol. The highest BCUT2D eigenvalue weighted by atomic mass is 16.2. The van der Waals surface area contributed by atoms with E-state index >= 15 is 0 Å². The first-order valence-corrected chi connectivity index (χ1v) is 6.86. The summed E-state index contributed by atoms with van der Waals surface area (Å²) < 4.78 is 0. The average Bonchev–Trinajstić information content (AvgIpc) is 2.38. The molecule has 1 saturated carbocycles. The molecular formula is C13H23N3O2. The molecule has 0 radical (unpaired) electrons. The van der Waals surface area contributed by atoms with Crippen LogP contribution in [0.5, 0.6) is 0 Å². The lowest BCUT2D eigenvalue weighted by Gasteiger charge is -2.38. The van der Waals surface area contributed by atoms with Crippen molar-refractivity contribution in [1.29, 1.82) is 0 Å². The molecule has 1 aliphatic heterocycles. The van der Waals surface area contributed by atoms with Gasteiger partial charge in [-0.1, -0.05) is 19.8 Å². The molecule has 0 aromatic carbocycles. The third-order valence-corrected chi connectivity index (χ3v) is 4.22. The van der Waals surface area contributed by atoms with Gasteiger partial charge >= 0.3 is 0 Å². The first-order valence-electron chi connectivity index (χ1n) is 6.86. The van der Waals surface area contributed by atoms with Crippen LogP contribution in [0.2, 0.25) is 0 Å². The van der Waals surface area contributed by atoms with E-state index in [4.69, 9.17) is 0 Å². The summed E-state index contributed by atoms with van der Waals surface area (Å²) in [7, 11) is 1.90. The van der Waals surface area contributed by atoms with Crippen LogP contribution in [0, 0.1) is 5.92 Å². The number of likely N-dealkylation sites (N-methyl/N-ethyl adjacent to an activating group) is 1. The number of carbonyl (C=O) groups is 2. The van der Waals surface area contributed by atoms with Crippen LogP contribution in [0.1, 0.15) is 32.6 Å². The van der Waals surface area contributed by atoms with Crippen LogP contribution in [0.4, 0.5) is 0 Å². The highest BCUT2D eigenvalue weighted by molar-refractivity contribution is 5.86. The van der Waals surface area contributed by atoms with Gasteiger partial charge in [-0.25, -0.2) is 0 Å². The van der Waals surface area contributed by atoms with E-state index in [0.717, 1.165) is 6.42 Å². The van der Waals surface area contributed by atoms with Crippen molar-refractivity contribution in [2.45, 2.75) is 44.7 Å². The van der Waals surface area contributed by atoms with Gasteiger partial charge < -0.3 is 10.2 Å². The minimum atomic E-state index is -0.262. The highest BCUT2D eigenvalue weighted by Gasteiger charge is 2.32. The summed E-state index contributed by atoms with van der Waals surface area (Å²) in [5.74, 6) is 0.646. The quantitative estimate of drug-likeness (QED) is 0.734. The molecule has 1 saturated heterocycles. The first kappa shape index (κ1) is 13.3. The summed E-state index contributed by atoms with van der Waals surface area (Å²) >= 11 is 0. The van der Waals surface area contributed by atoms with Crippen molar-refractivity contribution in [1.82, 2.24) is 15.5 Å². The maximum Gasteiger partial charge on any atom is 0.241 e. The lowest BCUT2D eigenvalue weighted by molar-refractivity contribution is -0.137. The van der Waals surface area contributed by atoms with Crippen LogP contribution < -0.4 is 10.6 Å². The topological polar surface area (TPSA) is 61.4 Å². The summed E-state index contributed by atoms with van der Waals surface area (Å²) in [4.78, 5) is 25.3. The predicted octanol–water partition coefficient (Wildman–Crippen LogP) is 0.112. The van der Waals surface area contributed by atoms with E-state index in [9.17, 15) is 9.59 Å². The Hall–Kier alpha value is -1.10. The Bertz CT molecular complexity index is 322. The summed E-state index contributed by atoms with van der Waals surface area (Å²) in [6, 6.07) is 0.0903. The summed E-state index contributed by atoms with van der Waals surface area (Å²) in [5, 5.41) is 5.73. The van der Waals surface area contributed by atoms with Gasteiger partial charge in [0.1, 0.15) is 6.04 Å². The number of piperazine rings is 1. The van der Waals surface area contributed by atoms with Gasteiger partial charge in [0, 0.05) is 19.6 Å². The van der Waals surface area contributed by atoms with Crippen molar-refractivity contribution in [2.75, 3.05) is 20.1 Å². The molecule has 2 rings (SSSR count). The van der Waals surface area contributed by atoms with Crippen LogP contribution in [0.3, 0.4) is 0 Å². The number of hydrogen-bond acceptors (Lipinski definition) is 3. The largest absolute Gasteiger partial charge is 0.353 e. The Kier molecular flexibility index (Phi) is 4.22. The van der Waals surface area contributed by atoms with Gasteiger partial charge in [0.25, 0.3) is 0 Å². The smallest absolute Gasteiger partial charge is 0.241 e. The molecule has 102 valence electrons. The van der Waals surface area contributed by atoms with E-state index in [1.54, 1.807) is 0 Å². The van der Waals surface area contributed by atoms with Crippen LogP contribution in [0.15, 0.2) is 0 Å². The minimum Gasteiger partial charge on any atom is -0.353 e. The second-order valence-electron chi connectivity index (χ2n) is 5.52. The van der Waals surface area contributed by atoms with Gasteiger partial charge in [0.05, 0.1) is 6.54 Å². The monoisotopic (exact) mass is 253 g/mol. The van der Waals surface area contributed by atoms with E-state index in [1.165, 1.54) is 19.3 Å². The Labute approximate surface area is 108 Å². The van der Waals surface area contributed by atoms with Gasteiger partial charge in [0.15, 0.2) is 0 Å². The second kappa shape index (κ2) is 5.69. The zero-order valence-corrected chi connectivity index (χ0v) is 11.2. The molecule has 18 heavy (non-hydrogen) atoms. The Morgan fingerprint density at radius 1 is 1.33 bits per heavy atom. The molecule has 2 fully saturated rings. The van der Waals surface area contributed by atoms with Crippen molar-refractivity contribution in [2.24, 2.45) is 5.92 Å². The molecule has 3 atom stereocenters. The molecule has 1 aliphatic carbocycles. The van der Waals surface area contributed by atoms with Crippen molar-refractivity contribution in [3.8, 4) is 0 Å². The summed E-state index contributed by atoms with van der Waals surface area (Å²) in [6.45, 7) is 2.87. The summed E-state index contributed by atoms with van der Waals surface area (Å²) in [5.41, 5.74) is 0. The third kappa shape index (κ3) is 2.83. The Morgan fingerprint density at radius 3 is 2.67 bits per heavy atom. The van der Waals surface area contributed by atoms with Gasteiger partial charge in [-0.15, -0.1) is 0 Å². The van der Waals surface area contributed by atoms with E-state index in [1.807, 2.05) is 11.9 Å². The molecule has 0 aromatic heterocycles. The molecule has 5 heteroatoms. The molecule has 3 unspecified atom stereocenters. The number of amides is 2. The molecule has 0 spiro atoms. The number of nitrogens with one attached hydrogen (secondary N) is 2. The summed E-state index contributed by atoms with van der Waals surface area (Å²) in [6.07, 6.45) is 4.79. The van der Waals surface area contributed by atoms with Crippen molar-refractivity contribution in [3.63, 3.8) is 0 Å². The standard InChI is InChI=1S/C13H23N3O2/c1-9-5-3-4-6-11(9)16(2)13(18)10-7-15-12(17)8-14-10/h9-11,14H,3-8H2,1-2H3,(H,15,17). The minimum absolute atomic E-state index is 0.0345. The van der Waals surface area contributed by atoms with Gasteiger partial charge in [0.2, 0.25) is 11.8 Å². The fourth-order valence-corrected chi connectivity index (χ4v) is 3.02. The van der Waals surface area contributed by atoms with E-state index in [2.05, 4.69) is 17.6 Å². The van der Waals surface area contributed by atoms with Crippen molar-refractivity contribution >= 4 is 11.8 Å². The lowest BCUT2D eigenvalue weighted by Crippen LogP contribution is -2.60. The van der Waals surface area contributed by atoms with Crippen LogP contribution in [-0.2, 0) is 9.59 Å². The number of hydrogen-bond donors (Lipinski definition) is 2. The number of carbonyl (C=O) groups excluding carboxylic acids is 2. The molecule has 2 amide bonds.